The van der Waals surface area contributed by atoms with Crippen molar-refractivity contribution in [1.82, 2.24) is 0 Å². The van der Waals surface area contributed by atoms with Gasteiger partial charge >= 0.3 is 0 Å². The first-order chi connectivity index (χ1) is 5.84. The van der Waals surface area contributed by atoms with Crippen molar-refractivity contribution in [3.05, 3.63) is 0 Å². The van der Waals surface area contributed by atoms with E-state index >= 15 is 0 Å². The lowest BCUT2D eigenvalue weighted by Crippen LogP contribution is -2.23. The van der Waals surface area contributed by atoms with Gasteiger partial charge in [0.05, 0.1) is 4.14 Å². The van der Waals surface area contributed by atoms with Crippen molar-refractivity contribution in [2.45, 2.75) is 25.4 Å². The molecule has 0 N–H and O–H groups in total. The Morgan fingerprint density at radius 1 is 1.58 bits per heavy atom. The van der Waals surface area contributed by atoms with Crippen LogP contribution >= 0.6 is 32.3 Å². The Morgan fingerprint density at radius 3 is 3.00 bits per heavy atom. The minimum Gasteiger partial charge on any atom is -0.470 e. The first-order valence-corrected chi connectivity index (χ1v) is 6.48. The Kier molecular flexibility index (Phi) is 2.75. The highest BCUT2D eigenvalue weighted by Gasteiger charge is 2.20. The van der Waals surface area contributed by atoms with Gasteiger partial charge in [0.25, 0.3) is 3.90 Å². The number of halogens is 2. The highest BCUT2D eigenvalue weighted by molar-refractivity contribution is 14.2. The smallest absolute Gasteiger partial charge is 0.250 e. The molecule has 1 heterocycles. The summed E-state index contributed by atoms with van der Waals surface area (Å²) in [5.41, 5.74) is 0. The molecule has 0 aromatic rings. The number of aliphatic imine (C=N–C) groups is 2. The van der Waals surface area contributed by atoms with E-state index in [1.165, 1.54) is 6.42 Å². The zero-order chi connectivity index (χ0) is 8.39. The van der Waals surface area contributed by atoms with Gasteiger partial charge in [-0.05, 0) is 51.6 Å². The third-order valence-corrected chi connectivity index (χ3v) is 3.56. The van der Waals surface area contributed by atoms with Crippen molar-refractivity contribution in [2.75, 3.05) is 0 Å². The highest BCUT2D eigenvalue weighted by Crippen LogP contribution is 2.24. The van der Waals surface area contributed by atoms with Crippen LogP contribution in [0.1, 0.15) is 19.3 Å². The van der Waals surface area contributed by atoms with E-state index in [-0.39, 0.29) is 20.7 Å². The maximum Gasteiger partial charge on any atom is 0.250 e. The largest absolute Gasteiger partial charge is 0.470 e. The summed E-state index contributed by atoms with van der Waals surface area (Å²) in [5, 5.41) is 0.301. The minimum absolute atomic E-state index is 0.253. The number of nitrogens with zero attached hydrogens (tertiary/aromatic N) is 2. The van der Waals surface area contributed by atoms with Crippen molar-refractivity contribution in [1.29, 1.82) is 0 Å². The monoisotopic (exact) mass is 298 g/mol. The van der Waals surface area contributed by atoms with Gasteiger partial charge in [-0.2, -0.15) is 4.99 Å². The van der Waals surface area contributed by atoms with E-state index in [2.05, 4.69) is 9.98 Å². The summed E-state index contributed by atoms with van der Waals surface area (Å²) in [6, 6.07) is 0. The quantitative estimate of drug-likeness (QED) is 0.540. The van der Waals surface area contributed by atoms with E-state index in [0.29, 0.717) is 11.4 Å². The molecule has 0 radical (unpaired) electrons. The van der Waals surface area contributed by atoms with Crippen LogP contribution in [0.5, 0.6) is 0 Å². The average molecular weight is 299 g/mol. The van der Waals surface area contributed by atoms with Crippen LogP contribution < -0.4 is 0 Å². The van der Waals surface area contributed by atoms with Crippen LogP contribution in [0.25, 0.3) is 0 Å². The molecule has 1 saturated carbocycles. The van der Waals surface area contributed by atoms with Crippen molar-refractivity contribution < 1.29 is 4.74 Å². The normalized spacial score (nSPS) is 23.4. The second kappa shape index (κ2) is 3.83. The maximum absolute atomic E-state index is 5.62. The lowest BCUT2D eigenvalue weighted by molar-refractivity contribution is 0.115. The Morgan fingerprint density at radius 2 is 2.42 bits per heavy atom. The average Bonchev–Trinajstić information content (AvgIpc) is 1.97. The van der Waals surface area contributed by atoms with E-state index in [1.807, 2.05) is 4.14 Å². The van der Waals surface area contributed by atoms with Crippen LogP contribution in [0.3, 0.4) is 0 Å². The van der Waals surface area contributed by atoms with Gasteiger partial charge in [-0.1, -0.05) is 0 Å². The number of rotatable bonds is 1. The van der Waals surface area contributed by atoms with Gasteiger partial charge in [-0.15, -0.1) is 0 Å². The van der Waals surface area contributed by atoms with Crippen LogP contribution in [-0.2, 0) is 4.74 Å². The lowest BCUT2D eigenvalue weighted by Gasteiger charge is -2.25. The first-order valence-electron chi connectivity index (χ1n) is 3.78. The SMILES string of the molecule is ClC1=NC=IC(OC2CCC2)=N1. The predicted molar refractivity (Wildman–Crippen MR) is 59.5 cm³/mol. The molecule has 2 aliphatic rings. The zero-order valence-corrected chi connectivity index (χ0v) is 9.25. The molecular weight excluding hydrogens is 290 g/mol. The number of amidine groups is 1. The molecule has 1 aliphatic heterocycles. The fraction of sp³-hybridized carbons (Fsp3) is 0.571. The van der Waals surface area contributed by atoms with E-state index in [4.69, 9.17) is 16.3 Å². The third-order valence-electron chi connectivity index (χ3n) is 1.79. The molecule has 1 aliphatic carbocycles. The summed E-state index contributed by atoms with van der Waals surface area (Å²) in [6.45, 7) is 0. The zero-order valence-electron chi connectivity index (χ0n) is 6.33. The van der Waals surface area contributed by atoms with Crippen molar-refractivity contribution in [3.63, 3.8) is 0 Å². The number of ether oxygens (including phenoxy) is 1. The van der Waals surface area contributed by atoms with Crippen LogP contribution in [0.2, 0.25) is 0 Å². The number of hydrogen-bond donors (Lipinski definition) is 0. The van der Waals surface area contributed by atoms with Gasteiger partial charge in [0.1, 0.15) is 6.10 Å². The second-order valence-electron chi connectivity index (χ2n) is 2.64. The molecule has 0 saturated heterocycles. The fourth-order valence-corrected chi connectivity index (χ4v) is 2.86. The van der Waals surface area contributed by atoms with Crippen LogP contribution in [0.4, 0.5) is 0 Å². The van der Waals surface area contributed by atoms with Gasteiger partial charge in [-0.3, -0.25) is 0 Å². The van der Waals surface area contributed by atoms with E-state index < -0.39 is 0 Å². The third kappa shape index (κ3) is 2.04. The van der Waals surface area contributed by atoms with Crippen molar-refractivity contribution in [2.24, 2.45) is 9.98 Å². The molecule has 0 atom stereocenters. The van der Waals surface area contributed by atoms with Crippen molar-refractivity contribution >= 4 is 45.7 Å². The van der Waals surface area contributed by atoms with Gasteiger partial charge in [0, 0.05) is 0 Å². The fourth-order valence-electron chi connectivity index (χ4n) is 0.910. The molecule has 0 bridgehead atoms. The highest BCUT2D eigenvalue weighted by atomic mass is 127. The van der Waals surface area contributed by atoms with Crippen LogP contribution in [0.15, 0.2) is 9.98 Å². The molecule has 0 amide bonds. The van der Waals surface area contributed by atoms with Crippen LogP contribution in [-0.4, -0.2) is 19.4 Å². The van der Waals surface area contributed by atoms with E-state index in [1.54, 1.807) is 0 Å². The Hall–Kier alpha value is 0.0300. The number of hydrogen-bond acceptors (Lipinski definition) is 3. The molecule has 0 aromatic heterocycles. The topological polar surface area (TPSA) is 34.0 Å². The van der Waals surface area contributed by atoms with Crippen LogP contribution in [0, 0.1) is 0 Å². The molecule has 2 rings (SSSR count). The summed E-state index contributed by atoms with van der Waals surface area (Å²) in [7, 11) is 0. The standard InChI is InChI=1S/C7H8ClIN2O/c8-6-10-4-9-7(11-6)12-5-2-1-3-5/h4-5H,1-3H2. The molecule has 66 valence electrons. The summed E-state index contributed by atoms with van der Waals surface area (Å²) >= 11 is 5.37. The lowest BCUT2D eigenvalue weighted by atomic mass is 9.96. The molecule has 5 heteroatoms. The Labute approximate surface area is 85.6 Å². The maximum atomic E-state index is 5.62. The predicted octanol–water partition coefficient (Wildman–Crippen LogP) is 2.25. The molecule has 0 aromatic carbocycles. The van der Waals surface area contributed by atoms with Gasteiger partial charge in [0.15, 0.2) is 0 Å². The minimum atomic E-state index is -0.253. The molecule has 0 unspecified atom stereocenters. The Balaban J connectivity index is 1.95. The summed E-state index contributed by atoms with van der Waals surface area (Å²) < 4.78 is 8.25. The molecule has 12 heavy (non-hydrogen) atoms. The summed E-state index contributed by atoms with van der Waals surface area (Å²) in [6.07, 6.45) is 4.01. The second-order valence-corrected chi connectivity index (χ2v) is 5.08. The first kappa shape index (κ1) is 8.62. The molecule has 3 nitrogen and oxygen atoms in total. The van der Waals surface area contributed by atoms with E-state index in [0.717, 1.165) is 16.7 Å². The molecular formula is C7H8ClIN2O. The summed E-state index contributed by atoms with van der Waals surface area (Å²) in [5.74, 6) is 0. The van der Waals surface area contributed by atoms with Gasteiger partial charge < -0.3 is 4.74 Å². The summed E-state index contributed by atoms with van der Waals surface area (Å²) in [4.78, 5) is 7.90. The molecule has 1 fully saturated rings. The molecule has 0 spiro atoms. The van der Waals surface area contributed by atoms with Gasteiger partial charge in [0.2, 0.25) is 5.29 Å². The van der Waals surface area contributed by atoms with Gasteiger partial charge in [-0.25, -0.2) is 4.99 Å². The Bertz CT molecular complexity index is 271. The van der Waals surface area contributed by atoms with E-state index in [9.17, 15) is 0 Å². The van der Waals surface area contributed by atoms with Crippen molar-refractivity contribution in [3.8, 4) is 0 Å².